The molecule has 0 spiro atoms. The summed E-state index contributed by atoms with van der Waals surface area (Å²) < 4.78 is 6.15. The van der Waals surface area contributed by atoms with Crippen molar-refractivity contribution in [3.05, 3.63) is 16.7 Å². The molecule has 0 fully saturated rings. The molecule has 98 valence electrons. The summed E-state index contributed by atoms with van der Waals surface area (Å²) in [4.78, 5) is 26.9. The number of methoxy groups -OCH3 is 1. The van der Waals surface area contributed by atoms with Crippen molar-refractivity contribution >= 4 is 17.1 Å². The molecule has 1 unspecified atom stereocenters. The number of hydrogen-bond acceptors (Lipinski definition) is 7. The molecule has 0 saturated heterocycles. The van der Waals surface area contributed by atoms with Crippen molar-refractivity contribution in [3.8, 4) is 0 Å². The summed E-state index contributed by atoms with van der Waals surface area (Å²) >= 11 is 0. The number of aromatic nitrogens is 4. The van der Waals surface area contributed by atoms with E-state index in [-0.39, 0.29) is 30.3 Å². The van der Waals surface area contributed by atoms with Crippen molar-refractivity contribution in [2.24, 2.45) is 0 Å². The van der Waals surface area contributed by atoms with Crippen LogP contribution in [0.15, 0.2) is 11.1 Å². The van der Waals surface area contributed by atoms with Gasteiger partial charge in [0.2, 0.25) is 11.6 Å². The standard InChI is InChI=1S/C9H13N5O4/c1-17-5(2-15)3-18-14-4-11-6-7(14)12-9(10)13-8(6)16/h4-5,15H,2-3H2,1H3,(H3,10,12,13,16). The Morgan fingerprint density at radius 1 is 1.67 bits per heavy atom. The number of anilines is 1. The molecule has 0 aliphatic rings. The molecule has 0 radical (unpaired) electrons. The van der Waals surface area contributed by atoms with Crippen molar-refractivity contribution in [2.75, 3.05) is 26.1 Å². The minimum atomic E-state index is -0.471. The van der Waals surface area contributed by atoms with Crippen LogP contribution >= 0.6 is 0 Å². The lowest BCUT2D eigenvalue weighted by atomic mass is 10.4. The summed E-state index contributed by atoms with van der Waals surface area (Å²) in [5.74, 6) is -0.0247. The van der Waals surface area contributed by atoms with Gasteiger partial charge in [0.05, 0.1) is 6.61 Å². The van der Waals surface area contributed by atoms with Crippen LogP contribution in [0.2, 0.25) is 0 Å². The maximum Gasteiger partial charge on any atom is 0.280 e. The predicted octanol–water partition coefficient (Wildman–Crippen LogP) is -1.86. The van der Waals surface area contributed by atoms with Crippen molar-refractivity contribution in [1.82, 2.24) is 19.7 Å². The SMILES string of the molecule is COC(CO)COn1cnc2c(=O)[nH]c(N)nc21. The van der Waals surface area contributed by atoms with E-state index >= 15 is 0 Å². The first-order chi connectivity index (χ1) is 8.65. The van der Waals surface area contributed by atoms with Gasteiger partial charge in [-0.05, 0) is 0 Å². The Labute approximate surface area is 101 Å². The monoisotopic (exact) mass is 255 g/mol. The zero-order valence-corrected chi connectivity index (χ0v) is 9.66. The average molecular weight is 255 g/mol. The predicted molar refractivity (Wildman–Crippen MR) is 61.9 cm³/mol. The minimum Gasteiger partial charge on any atom is -0.408 e. The van der Waals surface area contributed by atoms with E-state index in [4.69, 9.17) is 20.4 Å². The number of hydrogen-bond donors (Lipinski definition) is 3. The Bertz CT molecular complexity index is 588. The minimum absolute atomic E-state index is 0.0247. The van der Waals surface area contributed by atoms with Crippen LogP contribution in [0.4, 0.5) is 5.95 Å². The number of nitrogens with zero attached hydrogens (tertiary/aromatic N) is 3. The number of aliphatic hydroxyl groups is 1. The molecule has 0 aromatic carbocycles. The van der Waals surface area contributed by atoms with E-state index in [0.717, 1.165) is 0 Å². The molecule has 0 saturated carbocycles. The lowest BCUT2D eigenvalue weighted by Crippen LogP contribution is -2.28. The van der Waals surface area contributed by atoms with Gasteiger partial charge >= 0.3 is 0 Å². The summed E-state index contributed by atoms with van der Waals surface area (Å²) in [6, 6.07) is 0. The maximum absolute atomic E-state index is 11.5. The fourth-order valence-electron chi connectivity index (χ4n) is 1.36. The topological polar surface area (TPSA) is 128 Å². The fraction of sp³-hybridized carbons (Fsp3) is 0.444. The van der Waals surface area contributed by atoms with Crippen LogP contribution in [0.3, 0.4) is 0 Å². The summed E-state index contributed by atoms with van der Waals surface area (Å²) in [7, 11) is 1.46. The first kappa shape index (κ1) is 12.3. The van der Waals surface area contributed by atoms with Gasteiger partial charge in [-0.15, -0.1) is 0 Å². The molecule has 4 N–H and O–H groups in total. The molecule has 9 nitrogen and oxygen atoms in total. The average Bonchev–Trinajstić information content (AvgIpc) is 2.74. The van der Waals surface area contributed by atoms with Gasteiger partial charge in [-0.3, -0.25) is 9.78 Å². The lowest BCUT2D eigenvalue weighted by molar-refractivity contribution is -0.0223. The van der Waals surface area contributed by atoms with E-state index in [0.29, 0.717) is 0 Å². The molecule has 2 aromatic heterocycles. The molecule has 0 aliphatic heterocycles. The Kier molecular flexibility index (Phi) is 3.44. The molecule has 2 heterocycles. The number of nitrogens with two attached hydrogens (primary N) is 1. The van der Waals surface area contributed by atoms with Gasteiger partial charge in [0.25, 0.3) is 5.56 Å². The Hall–Kier alpha value is -2.13. The van der Waals surface area contributed by atoms with Gasteiger partial charge in [0.15, 0.2) is 5.52 Å². The molecular weight excluding hydrogens is 242 g/mol. The van der Waals surface area contributed by atoms with Gasteiger partial charge in [0.1, 0.15) is 19.0 Å². The van der Waals surface area contributed by atoms with Crippen molar-refractivity contribution in [3.63, 3.8) is 0 Å². The van der Waals surface area contributed by atoms with E-state index in [9.17, 15) is 4.79 Å². The van der Waals surface area contributed by atoms with Gasteiger partial charge < -0.3 is 20.4 Å². The van der Waals surface area contributed by atoms with Crippen LogP contribution in [0.25, 0.3) is 11.2 Å². The van der Waals surface area contributed by atoms with E-state index in [1.165, 1.54) is 18.2 Å². The summed E-state index contributed by atoms with van der Waals surface area (Å²) in [6.45, 7) is -0.0911. The van der Waals surface area contributed by atoms with Crippen LogP contribution in [-0.2, 0) is 4.74 Å². The number of fused-ring (bicyclic) bond motifs is 1. The van der Waals surface area contributed by atoms with Gasteiger partial charge in [0, 0.05) is 7.11 Å². The number of ether oxygens (including phenoxy) is 1. The maximum atomic E-state index is 11.5. The third kappa shape index (κ3) is 2.26. The van der Waals surface area contributed by atoms with E-state index in [1.54, 1.807) is 0 Å². The van der Waals surface area contributed by atoms with Crippen LogP contribution in [0.1, 0.15) is 0 Å². The number of nitrogens with one attached hydrogen (secondary N) is 1. The number of aromatic amines is 1. The first-order valence-electron chi connectivity index (χ1n) is 5.15. The second-order valence-electron chi connectivity index (χ2n) is 3.53. The van der Waals surface area contributed by atoms with Gasteiger partial charge in [-0.1, -0.05) is 0 Å². The quantitative estimate of drug-likeness (QED) is 0.571. The Morgan fingerprint density at radius 2 is 2.44 bits per heavy atom. The molecule has 0 bridgehead atoms. The summed E-state index contributed by atoms with van der Waals surface area (Å²) in [5.41, 5.74) is 5.33. The van der Waals surface area contributed by atoms with Gasteiger partial charge in [-0.25, -0.2) is 4.98 Å². The second-order valence-corrected chi connectivity index (χ2v) is 3.53. The number of imidazole rings is 1. The summed E-state index contributed by atoms with van der Waals surface area (Å²) in [6.07, 6.45) is 0.831. The normalized spacial score (nSPS) is 12.8. The third-order valence-corrected chi connectivity index (χ3v) is 2.33. The number of H-pyrrole nitrogens is 1. The van der Waals surface area contributed by atoms with E-state index < -0.39 is 11.7 Å². The molecule has 1 atom stereocenters. The largest absolute Gasteiger partial charge is 0.408 e. The van der Waals surface area contributed by atoms with E-state index in [1.807, 2.05) is 0 Å². The van der Waals surface area contributed by atoms with Crippen LogP contribution < -0.4 is 16.1 Å². The number of nitrogen functional groups attached to an aromatic ring is 1. The molecule has 2 aromatic rings. The molecule has 0 amide bonds. The van der Waals surface area contributed by atoms with Crippen molar-refractivity contribution < 1.29 is 14.7 Å². The smallest absolute Gasteiger partial charge is 0.280 e. The molecule has 9 heteroatoms. The highest BCUT2D eigenvalue weighted by molar-refractivity contribution is 5.69. The van der Waals surface area contributed by atoms with Crippen LogP contribution in [-0.4, -0.2) is 51.2 Å². The zero-order valence-electron chi connectivity index (χ0n) is 9.66. The number of rotatable bonds is 5. The highest BCUT2D eigenvalue weighted by Crippen LogP contribution is 2.04. The van der Waals surface area contributed by atoms with Crippen molar-refractivity contribution in [2.45, 2.75) is 6.10 Å². The first-order valence-corrected chi connectivity index (χ1v) is 5.15. The Balaban J connectivity index is 2.27. The highest BCUT2D eigenvalue weighted by atomic mass is 16.7. The molecule has 18 heavy (non-hydrogen) atoms. The Morgan fingerprint density at radius 3 is 3.11 bits per heavy atom. The molecule has 0 aliphatic carbocycles. The van der Waals surface area contributed by atoms with Crippen molar-refractivity contribution in [1.29, 1.82) is 0 Å². The molecule has 2 rings (SSSR count). The van der Waals surface area contributed by atoms with Gasteiger partial charge in [-0.2, -0.15) is 9.71 Å². The highest BCUT2D eigenvalue weighted by Gasteiger charge is 2.12. The van der Waals surface area contributed by atoms with Crippen LogP contribution in [0.5, 0.6) is 0 Å². The van der Waals surface area contributed by atoms with Crippen LogP contribution in [0, 0.1) is 0 Å². The summed E-state index contributed by atoms with van der Waals surface area (Å²) in [5, 5.41) is 8.94. The third-order valence-electron chi connectivity index (χ3n) is 2.33. The fourth-order valence-corrected chi connectivity index (χ4v) is 1.36. The zero-order chi connectivity index (χ0) is 13.1. The molecular formula is C9H13N5O4. The lowest BCUT2D eigenvalue weighted by Gasteiger charge is -2.13. The number of aliphatic hydroxyl groups excluding tert-OH is 1. The second kappa shape index (κ2) is 5.02. The van der Waals surface area contributed by atoms with E-state index in [2.05, 4.69) is 15.0 Å².